The molecule has 3 aromatic carbocycles. The number of phenols is 1. The maximum absolute atomic E-state index is 9.13. The predicted molar refractivity (Wildman–Crippen MR) is 180 cm³/mol. The van der Waals surface area contributed by atoms with Crippen LogP contribution in [0.4, 0.5) is 0 Å². The molecule has 1 saturated carbocycles. The second kappa shape index (κ2) is 15.4. The van der Waals surface area contributed by atoms with Gasteiger partial charge < -0.3 is 29.9 Å². The summed E-state index contributed by atoms with van der Waals surface area (Å²) in [4.78, 5) is 0. The van der Waals surface area contributed by atoms with Crippen LogP contribution in [0, 0.1) is 16.9 Å². The number of fused-ring (bicyclic) bond motifs is 4. The molecule has 0 atom stereocenters. The van der Waals surface area contributed by atoms with E-state index in [1.165, 1.54) is 58.5 Å². The van der Waals surface area contributed by atoms with Gasteiger partial charge in [0.1, 0.15) is 5.75 Å². The van der Waals surface area contributed by atoms with E-state index in [-0.39, 0.29) is 41.8 Å². The molecule has 1 fully saturated rings. The Morgan fingerprint density at radius 1 is 0.886 bits per heavy atom. The first-order chi connectivity index (χ1) is 19.6. The minimum Gasteiger partial charge on any atom is -1.00 e. The van der Waals surface area contributed by atoms with Crippen molar-refractivity contribution in [1.82, 2.24) is 0 Å². The van der Waals surface area contributed by atoms with E-state index in [2.05, 4.69) is 112 Å². The summed E-state index contributed by atoms with van der Waals surface area (Å²) in [6.07, 6.45) is 10.1. The molecule has 6 rings (SSSR count). The molecule has 0 aliphatic heterocycles. The fraction of sp³-hybridized carbons (Fsp3) is 0.436. The van der Waals surface area contributed by atoms with Crippen LogP contribution in [0.2, 0.25) is 12.1 Å². The molecule has 1 nitrogen and oxygen atoms in total. The van der Waals surface area contributed by atoms with Gasteiger partial charge >= 0.3 is 51.3 Å². The van der Waals surface area contributed by atoms with Gasteiger partial charge in [-0.3, -0.25) is 0 Å². The van der Waals surface area contributed by atoms with E-state index in [1.807, 2.05) is 30.3 Å². The van der Waals surface area contributed by atoms with Crippen molar-refractivity contribution in [2.24, 2.45) is 10.8 Å². The van der Waals surface area contributed by atoms with Crippen molar-refractivity contribution in [1.29, 1.82) is 0 Å². The van der Waals surface area contributed by atoms with Gasteiger partial charge in [-0.1, -0.05) is 126 Å². The molecule has 1 N–H and O–H groups in total. The van der Waals surface area contributed by atoms with E-state index in [9.17, 15) is 0 Å². The zero-order chi connectivity index (χ0) is 30.9. The third-order valence-electron chi connectivity index (χ3n) is 8.83. The molecule has 3 aromatic rings. The van der Waals surface area contributed by atoms with E-state index in [1.54, 1.807) is 23.3 Å². The first-order valence-corrected chi connectivity index (χ1v) is 19.9. The Hall–Kier alpha value is -1.55. The van der Waals surface area contributed by atoms with Crippen molar-refractivity contribution in [2.75, 3.05) is 0 Å². The number of halogens is 2. The molecule has 0 aromatic heterocycles. The average molecular weight is 681 g/mol. The fourth-order valence-electron chi connectivity index (χ4n) is 6.22. The quantitative estimate of drug-likeness (QED) is 0.326. The minimum absolute atomic E-state index is 0. The van der Waals surface area contributed by atoms with Crippen molar-refractivity contribution < 1.29 is 49.1 Å². The van der Waals surface area contributed by atoms with Crippen LogP contribution < -0.4 is 35.3 Å². The van der Waals surface area contributed by atoms with Gasteiger partial charge in [-0.25, -0.2) is 0 Å². The number of hydrogen-bond acceptors (Lipinski definition) is 1. The third-order valence-corrected chi connectivity index (χ3v) is 13.9. The van der Waals surface area contributed by atoms with E-state index in [0.717, 1.165) is 10.8 Å². The van der Waals surface area contributed by atoms with Crippen molar-refractivity contribution in [3.63, 3.8) is 0 Å². The predicted octanol–water partition coefficient (Wildman–Crippen LogP) is 3.32. The van der Waals surface area contributed by atoms with Crippen molar-refractivity contribution in [3.05, 3.63) is 99.5 Å². The van der Waals surface area contributed by atoms with Crippen LogP contribution in [-0.4, -0.2) is 11.3 Å². The van der Waals surface area contributed by atoms with Gasteiger partial charge in [0, 0.05) is 0 Å². The van der Waals surface area contributed by atoms with Crippen LogP contribution in [0.3, 0.4) is 0 Å². The summed E-state index contributed by atoms with van der Waals surface area (Å²) in [7, 11) is 0. The van der Waals surface area contributed by atoms with Gasteiger partial charge in [0.25, 0.3) is 0 Å². The van der Waals surface area contributed by atoms with Crippen LogP contribution in [0.25, 0.3) is 22.4 Å². The van der Waals surface area contributed by atoms with Crippen molar-refractivity contribution in [3.8, 4) is 5.75 Å². The van der Waals surface area contributed by atoms with Crippen molar-refractivity contribution >= 4 is 28.6 Å². The molecule has 0 saturated heterocycles. The fourth-order valence-corrected chi connectivity index (χ4v) is 6.72. The molecule has 44 heavy (non-hydrogen) atoms. The largest absolute Gasteiger partial charge is 1.00 e. The Balaban J connectivity index is 0.000000295. The molecule has 0 bridgehead atoms. The SMILES string of the molecule is CC1(C)CCC2=C3C(=c4ccc(C(C)(C)C)cc4=CC3(C)C)[C-]=C2C1.CC[Si](=[Ti+2])CC.Oc1ccc2ccccc2c1.[Cl-].[Cl-]. The van der Waals surface area contributed by atoms with E-state index >= 15 is 0 Å². The molecule has 0 amide bonds. The van der Waals surface area contributed by atoms with Gasteiger partial charge in [-0.2, -0.15) is 5.57 Å². The Bertz CT molecular complexity index is 1680. The normalized spacial score (nSPS) is 17.1. The number of benzene rings is 3. The van der Waals surface area contributed by atoms with Crippen molar-refractivity contribution in [2.45, 2.75) is 99.1 Å². The molecule has 0 radical (unpaired) electrons. The Labute approximate surface area is 291 Å². The number of aromatic hydroxyl groups is 1. The maximum Gasteiger partial charge on any atom is 0.116 e. The molecule has 3 aliphatic rings. The summed E-state index contributed by atoms with van der Waals surface area (Å²) in [6.45, 7) is 21.0. The summed E-state index contributed by atoms with van der Waals surface area (Å²) < 4.78 is 0. The Kier molecular flexibility index (Phi) is 13.5. The number of rotatable bonds is 2. The van der Waals surface area contributed by atoms with Crippen LogP contribution in [0.1, 0.15) is 87.1 Å². The topological polar surface area (TPSA) is 20.2 Å². The third kappa shape index (κ3) is 9.04. The zero-order valence-corrected chi connectivity index (χ0v) is 32.2. The smallest absolute Gasteiger partial charge is 0.116 e. The molecule has 3 aliphatic carbocycles. The standard InChI is InChI=1S/C25H31.C10H8O.C4H10Si.2ClH.Ti/c1-23(2,3)18-8-9-19-16(12-18)15-25(6,7)22-20-10-11-24(4,5)14-17(20)13-21(19)22;11-10-6-5-8-3-1-2-4-9(8)7-10;1-3-5-4-2;;;/h8-9,12,15H,10-11,14H2,1-7H3;1-7,11H;3-4H2,1-2H3;2*1H;/q-1;;;;;+2/p-2. The van der Waals surface area contributed by atoms with E-state index in [4.69, 9.17) is 5.11 Å². The van der Waals surface area contributed by atoms with Gasteiger partial charge in [0.2, 0.25) is 0 Å². The van der Waals surface area contributed by atoms with Crippen LogP contribution in [0.15, 0.2) is 77.4 Å². The van der Waals surface area contributed by atoms with Crippen LogP contribution in [0.5, 0.6) is 5.75 Å². The van der Waals surface area contributed by atoms with Gasteiger partial charge in [-0.05, 0) is 51.1 Å². The Morgan fingerprint density at radius 2 is 1.52 bits per heavy atom. The summed E-state index contributed by atoms with van der Waals surface area (Å²) in [5.41, 5.74) is 8.11. The average Bonchev–Trinajstić information content (AvgIpc) is 3.31. The molecule has 0 unspecified atom stereocenters. The summed E-state index contributed by atoms with van der Waals surface area (Å²) in [6, 6.07) is 23.2. The monoisotopic (exact) mass is 679 g/mol. The first kappa shape index (κ1) is 38.6. The molecule has 234 valence electrons. The number of hydrogen-bond donors (Lipinski definition) is 1. The second-order valence-corrected chi connectivity index (χ2v) is 20.4. The summed E-state index contributed by atoms with van der Waals surface area (Å²) >= 11 is 2.38. The Morgan fingerprint density at radius 3 is 2.11 bits per heavy atom. The summed E-state index contributed by atoms with van der Waals surface area (Å²) in [5, 5.41) is 14.1. The minimum atomic E-state index is 0. The summed E-state index contributed by atoms with van der Waals surface area (Å²) in [5.74, 6) is 0.323. The molecule has 0 spiro atoms. The van der Waals surface area contributed by atoms with Gasteiger partial charge in [-0.15, -0.1) is 22.8 Å². The molecular weight excluding hydrogens is 631 g/mol. The zero-order valence-electron chi connectivity index (χ0n) is 28.1. The van der Waals surface area contributed by atoms with Crippen LogP contribution in [-0.2, 0) is 24.6 Å². The second-order valence-electron chi connectivity index (χ2n) is 14.4. The van der Waals surface area contributed by atoms with Gasteiger partial charge in [0.05, 0.1) is 0 Å². The maximum atomic E-state index is 9.13. The van der Waals surface area contributed by atoms with E-state index < -0.39 is 0 Å². The first-order valence-electron chi connectivity index (χ1n) is 15.6. The number of allylic oxidation sites excluding steroid dienone is 4. The molecule has 0 heterocycles. The van der Waals surface area contributed by atoms with Gasteiger partial charge in [0.15, 0.2) is 0 Å². The van der Waals surface area contributed by atoms with E-state index in [0.29, 0.717) is 11.2 Å². The number of phenolic OH excluding ortho intramolecular Hbond substituents is 1. The van der Waals surface area contributed by atoms with Crippen LogP contribution >= 0.6 is 0 Å². The molecule has 5 heteroatoms. The molecular formula is C39H49Cl2OSiTi-.